The number of nitrogens with one attached hydrogen (secondary N) is 2. The number of rotatable bonds is 2. The van der Waals surface area contributed by atoms with Gasteiger partial charge in [-0.3, -0.25) is 4.79 Å². The second-order valence-corrected chi connectivity index (χ2v) is 8.56. The van der Waals surface area contributed by atoms with Crippen LogP contribution in [0.1, 0.15) is 50.4 Å². The van der Waals surface area contributed by atoms with E-state index in [-0.39, 0.29) is 11.3 Å². The number of hydrogen-bond donors (Lipinski definition) is 3. The van der Waals surface area contributed by atoms with Crippen LogP contribution in [0, 0.1) is 0 Å². The summed E-state index contributed by atoms with van der Waals surface area (Å²) in [5, 5.41) is 16.3. The number of pyridine rings is 4. The number of ketones is 1. The van der Waals surface area contributed by atoms with Gasteiger partial charge < -0.3 is 15.7 Å². The van der Waals surface area contributed by atoms with Gasteiger partial charge in [-0.05, 0) is 55.5 Å². The summed E-state index contributed by atoms with van der Waals surface area (Å²) in [5.74, 6) is -1.17. The number of aromatic carboxylic acids is 1. The summed E-state index contributed by atoms with van der Waals surface area (Å²) in [5.41, 5.74) is 5.84. The van der Waals surface area contributed by atoms with Gasteiger partial charge in [-0.1, -0.05) is 12.1 Å². The van der Waals surface area contributed by atoms with Crippen molar-refractivity contribution in [3.05, 3.63) is 94.6 Å². The largest absolute Gasteiger partial charge is 0.478 e. The number of carbonyl (C=O) groups is 2. The van der Waals surface area contributed by atoms with Crippen LogP contribution in [0.3, 0.4) is 0 Å². The molecule has 1 aliphatic heterocycles. The van der Waals surface area contributed by atoms with E-state index in [0.29, 0.717) is 54.5 Å². The second-order valence-electron chi connectivity index (χ2n) is 8.56. The number of carboxylic acid groups (broad SMARTS) is 1. The summed E-state index contributed by atoms with van der Waals surface area (Å²) < 4.78 is 0. The standard InChI is InChI=1S/C27H24N6O3/c1-16(34)17-8-21-14-28-12-19-4-2-6-23(30-19)24-7-3-5-20(31-24)13-29-15-22-9-18(27(35)36)11-26(33-22)25(10-17)32-21/h2-11,28-29H,12-15H2,1H3,(H,35,36). The highest BCUT2D eigenvalue weighted by Crippen LogP contribution is 2.21. The van der Waals surface area contributed by atoms with Crippen molar-refractivity contribution in [2.45, 2.75) is 33.1 Å². The van der Waals surface area contributed by atoms with Crippen LogP contribution in [0.15, 0.2) is 60.7 Å². The highest BCUT2D eigenvalue weighted by molar-refractivity contribution is 5.95. The van der Waals surface area contributed by atoms with Crippen LogP contribution in [0.4, 0.5) is 0 Å². The van der Waals surface area contributed by atoms with Crippen molar-refractivity contribution in [2.24, 2.45) is 0 Å². The lowest BCUT2D eigenvalue weighted by molar-refractivity contribution is 0.0696. The zero-order chi connectivity index (χ0) is 25.1. The van der Waals surface area contributed by atoms with Crippen LogP contribution in [0.25, 0.3) is 22.8 Å². The molecule has 1 aliphatic rings. The highest BCUT2D eigenvalue weighted by Gasteiger charge is 2.15. The van der Waals surface area contributed by atoms with Crippen molar-refractivity contribution >= 4 is 11.8 Å². The van der Waals surface area contributed by atoms with E-state index in [9.17, 15) is 14.7 Å². The summed E-state index contributed by atoms with van der Waals surface area (Å²) >= 11 is 0. The maximum Gasteiger partial charge on any atom is 0.335 e. The van der Waals surface area contributed by atoms with Crippen molar-refractivity contribution in [1.29, 1.82) is 0 Å². The summed E-state index contributed by atoms with van der Waals surface area (Å²) in [6, 6.07) is 18.0. The molecule has 8 bridgehead atoms. The second kappa shape index (κ2) is 10.1. The van der Waals surface area contributed by atoms with E-state index < -0.39 is 5.97 Å². The van der Waals surface area contributed by atoms with E-state index in [0.717, 1.165) is 22.8 Å². The van der Waals surface area contributed by atoms with Gasteiger partial charge >= 0.3 is 5.97 Å². The Hall–Kier alpha value is -4.34. The lowest BCUT2D eigenvalue weighted by Gasteiger charge is -2.12. The van der Waals surface area contributed by atoms with E-state index in [4.69, 9.17) is 9.97 Å². The third-order valence-electron chi connectivity index (χ3n) is 5.77. The first-order chi connectivity index (χ1) is 17.4. The van der Waals surface area contributed by atoms with E-state index in [1.807, 2.05) is 36.4 Å². The predicted molar refractivity (Wildman–Crippen MR) is 133 cm³/mol. The van der Waals surface area contributed by atoms with Gasteiger partial charge in [0.15, 0.2) is 5.78 Å². The highest BCUT2D eigenvalue weighted by atomic mass is 16.4. The summed E-state index contributed by atoms with van der Waals surface area (Å²) in [4.78, 5) is 42.9. The Kier molecular flexibility index (Phi) is 6.57. The molecule has 180 valence electrons. The van der Waals surface area contributed by atoms with Crippen LogP contribution in [-0.2, 0) is 26.2 Å². The van der Waals surface area contributed by atoms with Gasteiger partial charge in [-0.2, -0.15) is 0 Å². The molecule has 4 aromatic rings. The molecule has 0 radical (unpaired) electrons. The van der Waals surface area contributed by atoms with Crippen LogP contribution in [0.5, 0.6) is 0 Å². The van der Waals surface area contributed by atoms with Crippen molar-refractivity contribution in [3.63, 3.8) is 0 Å². The number of nitrogens with zero attached hydrogens (tertiary/aromatic N) is 4. The first-order valence-corrected chi connectivity index (χ1v) is 11.5. The molecule has 0 saturated carbocycles. The van der Waals surface area contributed by atoms with Crippen LogP contribution in [0.2, 0.25) is 0 Å². The quantitative estimate of drug-likeness (QED) is 0.370. The van der Waals surface area contributed by atoms with Gasteiger partial charge in [0, 0.05) is 31.7 Å². The topological polar surface area (TPSA) is 130 Å². The SMILES string of the molecule is CC(=O)c1cc2nc(c1)-c1cc(C(=O)O)cc(n1)CNCc1cccc(n1)-c1cccc(n1)CNC2. The molecule has 0 aliphatic carbocycles. The zero-order valence-electron chi connectivity index (χ0n) is 19.7. The molecule has 9 nitrogen and oxygen atoms in total. The molecule has 5 heterocycles. The van der Waals surface area contributed by atoms with E-state index in [2.05, 4.69) is 20.6 Å². The minimum atomic E-state index is -1.06. The molecule has 9 heteroatoms. The third-order valence-corrected chi connectivity index (χ3v) is 5.77. The molecule has 4 aromatic heterocycles. The molecule has 0 saturated heterocycles. The van der Waals surface area contributed by atoms with Gasteiger partial charge in [0.2, 0.25) is 0 Å². The smallest absolute Gasteiger partial charge is 0.335 e. The van der Waals surface area contributed by atoms with Gasteiger partial charge in [0.05, 0.1) is 51.1 Å². The zero-order valence-corrected chi connectivity index (χ0v) is 19.7. The number of Topliss-reactive ketones (excluding diaryl/α,β-unsaturated/α-hetero) is 1. The Morgan fingerprint density at radius 3 is 1.58 bits per heavy atom. The monoisotopic (exact) mass is 480 g/mol. The van der Waals surface area contributed by atoms with Crippen LogP contribution >= 0.6 is 0 Å². The third kappa shape index (κ3) is 5.32. The number of fused-ring (bicyclic) bond motifs is 10. The summed E-state index contributed by atoms with van der Waals surface area (Å²) in [7, 11) is 0. The number of aromatic nitrogens is 4. The minimum absolute atomic E-state index is 0.102. The molecule has 36 heavy (non-hydrogen) atoms. The van der Waals surface area contributed by atoms with E-state index in [1.165, 1.54) is 19.1 Å². The van der Waals surface area contributed by atoms with Crippen LogP contribution < -0.4 is 10.6 Å². The predicted octanol–water partition coefficient (Wildman–Crippen LogP) is 3.39. The Balaban J connectivity index is 1.59. The van der Waals surface area contributed by atoms with Crippen molar-refractivity contribution < 1.29 is 14.7 Å². The van der Waals surface area contributed by atoms with Gasteiger partial charge in [-0.25, -0.2) is 24.7 Å². The van der Waals surface area contributed by atoms with E-state index >= 15 is 0 Å². The van der Waals surface area contributed by atoms with Crippen molar-refractivity contribution in [1.82, 2.24) is 30.6 Å². The normalized spacial score (nSPS) is 13.4. The number of carboxylic acids is 1. The minimum Gasteiger partial charge on any atom is -0.478 e. The lowest BCUT2D eigenvalue weighted by Crippen LogP contribution is -2.17. The molecule has 3 N–H and O–H groups in total. The van der Waals surface area contributed by atoms with Crippen molar-refractivity contribution in [2.75, 3.05) is 0 Å². The van der Waals surface area contributed by atoms with E-state index in [1.54, 1.807) is 12.1 Å². The maximum absolute atomic E-state index is 12.2. The Labute approximate surface area is 207 Å². The Morgan fingerprint density at radius 1 is 0.639 bits per heavy atom. The summed E-state index contributed by atoms with van der Waals surface area (Å²) in [6.45, 7) is 3.16. The molecule has 0 atom stereocenters. The van der Waals surface area contributed by atoms with Gasteiger partial charge in [0.1, 0.15) is 0 Å². The molecule has 0 fully saturated rings. The molecule has 0 amide bonds. The molecule has 0 spiro atoms. The van der Waals surface area contributed by atoms with Gasteiger partial charge in [0.25, 0.3) is 0 Å². The fourth-order valence-corrected chi connectivity index (χ4v) is 4.02. The fourth-order valence-electron chi connectivity index (χ4n) is 4.02. The Bertz CT molecular complexity index is 1360. The summed E-state index contributed by atoms with van der Waals surface area (Å²) in [6.07, 6.45) is 0. The van der Waals surface area contributed by atoms with Crippen LogP contribution in [-0.4, -0.2) is 36.8 Å². The fraction of sp³-hybridized carbons (Fsp3) is 0.185. The van der Waals surface area contributed by atoms with Gasteiger partial charge in [-0.15, -0.1) is 0 Å². The number of hydrogen-bond acceptors (Lipinski definition) is 8. The molecule has 0 aromatic carbocycles. The molecular formula is C27H24N6O3. The molecule has 5 rings (SSSR count). The lowest BCUT2D eigenvalue weighted by atomic mass is 10.1. The first-order valence-electron chi connectivity index (χ1n) is 11.5. The molecular weight excluding hydrogens is 456 g/mol. The average molecular weight is 481 g/mol. The molecule has 0 unspecified atom stereocenters. The first kappa shape index (κ1) is 23.4. The maximum atomic E-state index is 12.2. The van der Waals surface area contributed by atoms with Crippen molar-refractivity contribution in [3.8, 4) is 22.8 Å². The Morgan fingerprint density at radius 2 is 1.08 bits per heavy atom. The number of carbonyl (C=O) groups excluding carboxylic acids is 1. The average Bonchev–Trinajstić information content (AvgIpc) is 2.88.